The van der Waals surface area contributed by atoms with Gasteiger partial charge < -0.3 is 14.2 Å². The molecule has 4 fully saturated rings. The predicted octanol–water partition coefficient (Wildman–Crippen LogP) is 4.77. The van der Waals surface area contributed by atoms with Crippen LogP contribution in [0.15, 0.2) is 9.98 Å². The molecule has 6 atom stereocenters. The molecule has 7 nitrogen and oxygen atoms in total. The fourth-order valence-corrected chi connectivity index (χ4v) is 7.06. The van der Waals surface area contributed by atoms with Crippen molar-refractivity contribution in [2.75, 3.05) is 26.3 Å². The number of rotatable bonds is 12. The average molecular weight is 475 g/mol. The first-order chi connectivity index (χ1) is 16.8. The standard InChI is InChI=1S/C27H42N2O5/c30-18-28-13-11-22(20-7-3-1-4-8-20)15-23-16-32-27-25(17-33-26(23)27)34-24(12-14-29-19-31)21-9-5-2-6-10-21/h20-27H,1-17H2/t22?,23-,24?,25-,26?,27?/m0/s1. The van der Waals surface area contributed by atoms with Crippen LogP contribution < -0.4 is 0 Å². The second kappa shape index (κ2) is 13.7. The number of fused-ring (bicyclic) bond motifs is 1. The third-order valence-corrected chi connectivity index (χ3v) is 8.82. The van der Waals surface area contributed by atoms with Gasteiger partial charge in [-0.2, -0.15) is 0 Å². The van der Waals surface area contributed by atoms with Gasteiger partial charge in [-0.05, 0) is 49.9 Å². The van der Waals surface area contributed by atoms with Crippen molar-refractivity contribution in [3.05, 3.63) is 0 Å². The van der Waals surface area contributed by atoms with Gasteiger partial charge in [0.25, 0.3) is 0 Å². The summed E-state index contributed by atoms with van der Waals surface area (Å²) in [5.74, 6) is 2.18. The number of hydrogen-bond donors (Lipinski definition) is 0. The first-order valence-electron chi connectivity index (χ1n) is 13.8. The van der Waals surface area contributed by atoms with Gasteiger partial charge in [0.1, 0.15) is 12.2 Å². The van der Waals surface area contributed by atoms with Crippen LogP contribution in [0.25, 0.3) is 0 Å². The van der Waals surface area contributed by atoms with Crippen molar-refractivity contribution in [2.45, 2.75) is 108 Å². The highest BCUT2D eigenvalue weighted by molar-refractivity contribution is 5.32. The third kappa shape index (κ3) is 6.86. The van der Waals surface area contributed by atoms with Crippen LogP contribution in [0.4, 0.5) is 0 Å². The minimum absolute atomic E-state index is 0.00864. The Morgan fingerprint density at radius 2 is 1.38 bits per heavy atom. The van der Waals surface area contributed by atoms with Gasteiger partial charge in [0.05, 0.1) is 38.5 Å². The molecule has 2 aliphatic heterocycles. The molecule has 7 heteroatoms. The van der Waals surface area contributed by atoms with E-state index in [1.54, 1.807) is 12.2 Å². The molecule has 190 valence electrons. The maximum absolute atomic E-state index is 10.6. The second-order valence-electron chi connectivity index (χ2n) is 10.9. The largest absolute Gasteiger partial charge is 0.372 e. The molecule has 0 radical (unpaired) electrons. The van der Waals surface area contributed by atoms with Gasteiger partial charge in [-0.15, -0.1) is 0 Å². The van der Waals surface area contributed by atoms with Crippen LogP contribution in [-0.2, 0) is 23.8 Å². The molecular formula is C27H42N2O5. The lowest BCUT2D eigenvalue weighted by molar-refractivity contribution is -0.0956. The molecule has 0 spiro atoms. The van der Waals surface area contributed by atoms with E-state index in [0.717, 1.165) is 31.8 Å². The van der Waals surface area contributed by atoms with Crippen molar-refractivity contribution in [1.82, 2.24) is 0 Å². The highest BCUT2D eigenvalue weighted by atomic mass is 16.6. The van der Waals surface area contributed by atoms with Crippen LogP contribution in [0.2, 0.25) is 0 Å². The summed E-state index contributed by atoms with van der Waals surface area (Å²) in [5.41, 5.74) is 0. The molecule has 0 aromatic carbocycles. The van der Waals surface area contributed by atoms with Crippen molar-refractivity contribution in [1.29, 1.82) is 0 Å². The Morgan fingerprint density at radius 3 is 2.06 bits per heavy atom. The van der Waals surface area contributed by atoms with Gasteiger partial charge in [0.2, 0.25) is 12.2 Å². The molecule has 4 aliphatic rings. The summed E-state index contributed by atoms with van der Waals surface area (Å²) < 4.78 is 19.3. The van der Waals surface area contributed by atoms with E-state index in [9.17, 15) is 9.59 Å². The summed E-state index contributed by atoms with van der Waals surface area (Å²) >= 11 is 0. The molecule has 2 heterocycles. The number of hydrogen-bond acceptors (Lipinski definition) is 7. The van der Waals surface area contributed by atoms with E-state index in [1.807, 2.05) is 0 Å². The summed E-state index contributed by atoms with van der Waals surface area (Å²) in [6.07, 6.45) is 19.0. The summed E-state index contributed by atoms with van der Waals surface area (Å²) in [6, 6.07) is 0. The van der Waals surface area contributed by atoms with Crippen LogP contribution in [0.3, 0.4) is 0 Å². The monoisotopic (exact) mass is 474 g/mol. The van der Waals surface area contributed by atoms with E-state index in [0.29, 0.717) is 37.5 Å². The Balaban J connectivity index is 1.35. The van der Waals surface area contributed by atoms with E-state index in [1.165, 1.54) is 64.2 Å². The Bertz CT molecular complexity index is 648. The zero-order valence-corrected chi connectivity index (χ0v) is 20.6. The maximum atomic E-state index is 10.6. The SMILES string of the molecule is O=C=NCCC(C[C@H]1COC2C1OC[C@@H]2OC(CCN=C=O)C1CCCCC1)C1CCCCC1. The van der Waals surface area contributed by atoms with Crippen LogP contribution >= 0.6 is 0 Å². The van der Waals surface area contributed by atoms with Gasteiger partial charge >= 0.3 is 0 Å². The molecule has 0 aromatic rings. The minimum Gasteiger partial charge on any atom is -0.372 e. The van der Waals surface area contributed by atoms with Gasteiger partial charge in [0.15, 0.2) is 0 Å². The van der Waals surface area contributed by atoms with Gasteiger partial charge in [-0.1, -0.05) is 51.4 Å². The number of nitrogens with zero attached hydrogens (tertiary/aromatic N) is 2. The van der Waals surface area contributed by atoms with Gasteiger partial charge in [0, 0.05) is 5.92 Å². The Labute approximate surface area is 204 Å². The molecule has 0 aromatic heterocycles. The summed E-state index contributed by atoms with van der Waals surface area (Å²) in [4.78, 5) is 28.8. The molecule has 34 heavy (non-hydrogen) atoms. The molecule has 4 unspecified atom stereocenters. The highest BCUT2D eigenvalue weighted by Gasteiger charge is 2.49. The number of ether oxygens (including phenoxy) is 3. The highest BCUT2D eigenvalue weighted by Crippen LogP contribution is 2.42. The first-order valence-corrected chi connectivity index (χ1v) is 13.8. The van der Waals surface area contributed by atoms with Crippen molar-refractivity contribution in [2.24, 2.45) is 33.7 Å². The molecule has 0 N–H and O–H groups in total. The second-order valence-corrected chi connectivity index (χ2v) is 10.9. The Kier molecular flexibility index (Phi) is 10.3. The predicted molar refractivity (Wildman–Crippen MR) is 128 cm³/mol. The fraction of sp³-hybridized carbons (Fsp3) is 0.926. The topological polar surface area (TPSA) is 86.6 Å². The van der Waals surface area contributed by atoms with Crippen LogP contribution in [0.1, 0.15) is 83.5 Å². The molecule has 2 aliphatic carbocycles. The van der Waals surface area contributed by atoms with Gasteiger partial charge in [-0.25, -0.2) is 19.6 Å². The molecule has 2 saturated heterocycles. The zero-order valence-electron chi connectivity index (χ0n) is 20.6. The lowest BCUT2D eigenvalue weighted by Crippen LogP contribution is -2.38. The summed E-state index contributed by atoms with van der Waals surface area (Å²) in [5, 5.41) is 0. The molecule has 4 rings (SSSR count). The van der Waals surface area contributed by atoms with Crippen LogP contribution in [0, 0.1) is 23.7 Å². The van der Waals surface area contributed by atoms with Crippen LogP contribution in [-0.4, -0.2) is 62.9 Å². The minimum atomic E-state index is -0.0464. The molecular weight excluding hydrogens is 432 g/mol. The molecule has 0 amide bonds. The normalized spacial score (nSPS) is 31.9. The number of aliphatic imine (C=N–C) groups is 2. The average Bonchev–Trinajstić information content (AvgIpc) is 3.47. The lowest BCUT2D eigenvalue weighted by atomic mass is 9.74. The third-order valence-electron chi connectivity index (χ3n) is 8.82. The maximum Gasteiger partial charge on any atom is 0.234 e. The van der Waals surface area contributed by atoms with Crippen molar-refractivity contribution in [3.8, 4) is 0 Å². The number of carbonyl (C=O) groups excluding carboxylic acids is 2. The first kappa shape index (κ1) is 25.7. The van der Waals surface area contributed by atoms with E-state index < -0.39 is 0 Å². The fourth-order valence-electron chi connectivity index (χ4n) is 7.06. The van der Waals surface area contributed by atoms with E-state index in [2.05, 4.69) is 9.98 Å². The van der Waals surface area contributed by atoms with Crippen LogP contribution in [0.5, 0.6) is 0 Å². The Morgan fingerprint density at radius 1 is 0.765 bits per heavy atom. The zero-order chi connectivity index (χ0) is 23.6. The quantitative estimate of drug-likeness (QED) is 0.300. The smallest absolute Gasteiger partial charge is 0.234 e. The summed E-state index contributed by atoms with van der Waals surface area (Å²) in [6.45, 7) is 2.35. The Hall–Kier alpha value is -1.36. The van der Waals surface area contributed by atoms with Crippen molar-refractivity contribution >= 4 is 12.2 Å². The molecule has 0 bridgehead atoms. The van der Waals surface area contributed by atoms with E-state index >= 15 is 0 Å². The van der Waals surface area contributed by atoms with E-state index in [4.69, 9.17) is 14.2 Å². The van der Waals surface area contributed by atoms with Gasteiger partial charge in [-0.3, -0.25) is 0 Å². The molecule has 2 saturated carbocycles. The number of isocyanates is 2. The lowest BCUT2D eigenvalue weighted by Gasteiger charge is -2.33. The summed E-state index contributed by atoms with van der Waals surface area (Å²) in [7, 11) is 0. The van der Waals surface area contributed by atoms with Crippen molar-refractivity contribution < 1.29 is 23.8 Å². The van der Waals surface area contributed by atoms with E-state index in [-0.39, 0.29) is 24.4 Å². The van der Waals surface area contributed by atoms with Crippen molar-refractivity contribution in [3.63, 3.8) is 0 Å².